The second-order valence-electron chi connectivity index (χ2n) is 6.16. The number of hydrogen-bond acceptors (Lipinski definition) is 3. The number of amides is 1. The molecule has 0 unspecified atom stereocenters. The van der Waals surface area contributed by atoms with Gasteiger partial charge in [-0.2, -0.15) is 0 Å². The van der Waals surface area contributed by atoms with Crippen LogP contribution in [0, 0.1) is 0 Å². The summed E-state index contributed by atoms with van der Waals surface area (Å²) in [7, 11) is 0. The second kappa shape index (κ2) is 6.26. The third-order valence-electron chi connectivity index (χ3n) is 3.21. The summed E-state index contributed by atoms with van der Waals surface area (Å²) in [6.07, 6.45) is 0.603. The molecule has 0 saturated carbocycles. The van der Waals surface area contributed by atoms with Crippen molar-refractivity contribution in [1.82, 2.24) is 4.90 Å². The van der Waals surface area contributed by atoms with E-state index in [2.05, 4.69) is 28.9 Å². The first-order chi connectivity index (χ1) is 9.80. The molecule has 1 aromatic carbocycles. The molecule has 1 aliphatic heterocycles. The first-order valence-electron chi connectivity index (χ1n) is 7.22. The molecule has 0 atom stereocenters. The van der Waals surface area contributed by atoms with Gasteiger partial charge < -0.3 is 14.4 Å². The third-order valence-corrected chi connectivity index (χ3v) is 3.67. The fraction of sp³-hybridized carbons (Fsp3) is 0.562. The molecule has 0 aliphatic carbocycles. The maximum atomic E-state index is 12.3. The Labute approximate surface area is 134 Å². The van der Waals surface area contributed by atoms with E-state index in [0.29, 0.717) is 19.7 Å². The molecule has 0 N–H and O–H groups in total. The van der Waals surface area contributed by atoms with E-state index in [1.807, 2.05) is 26.8 Å². The molecule has 0 aromatic heterocycles. The monoisotopic (exact) mass is 355 g/mol. The highest BCUT2D eigenvalue weighted by atomic mass is 79.9. The van der Waals surface area contributed by atoms with Crippen LogP contribution in [0.15, 0.2) is 16.6 Å². The molecule has 0 bridgehead atoms. The van der Waals surface area contributed by atoms with Gasteiger partial charge in [0.15, 0.2) is 0 Å². The summed E-state index contributed by atoms with van der Waals surface area (Å²) in [6, 6.07) is 4.08. The summed E-state index contributed by atoms with van der Waals surface area (Å²) in [4.78, 5) is 13.9. The summed E-state index contributed by atoms with van der Waals surface area (Å²) in [5.41, 5.74) is 1.69. The first kappa shape index (κ1) is 16.1. The highest BCUT2D eigenvalue weighted by Gasteiger charge is 2.26. The van der Waals surface area contributed by atoms with Gasteiger partial charge in [0.1, 0.15) is 18.0 Å². The lowest BCUT2D eigenvalue weighted by Gasteiger charge is -2.26. The summed E-state index contributed by atoms with van der Waals surface area (Å²) < 4.78 is 12.3. The minimum atomic E-state index is -0.487. The van der Waals surface area contributed by atoms with Gasteiger partial charge in [0, 0.05) is 10.0 Å². The molecule has 0 spiro atoms. The van der Waals surface area contributed by atoms with Crippen molar-refractivity contribution in [3.63, 3.8) is 0 Å². The van der Waals surface area contributed by atoms with Gasteiger partial charge in [-0.25, -0.2) is 4.79 Å². The minimum Gasteiger partial charge on any atom is -0.491 e. The summed E-state index contributed by atoms with van der Waals surface area (Å²) in [6.45, 7) is 9.25. The molecule has 2 rings (SSSR count). The van der Waals surface area contributed by atoms with E-state index in [0.717, 1.165) is 27.8 Å². The minimum absolute atomic E-state index is 0.294. The average molecular weight is 356 g/mol. The summed E-state index contributed by atoms with van der Waals surface area (Å²) >= 11 is 3.52. The van der Waals surface area contributed by atoms with Crippen molar-refractivity contribution < 1.29 is 14.3 Å². The fourth-order valence-electron chi connectivity index (χ4n) is 2.30. The molecule has 1 heterocycles. The van der Waals surface area contributed by atoms with Crippen molar-refractivity contribution >= 4 is 22.0 Å². The van der Waals surface area contributed by atoms with E-state index in [-0.39, 0.29) is 6.09 Å². The number of halogens is 1. The first-order valence-corrected chi connectivity index (χ1v) is 8.01. The number of fused-ring (bicyclic) bond motifs is 1. The predicted molar refractivity (Wildman–Crippen MR) is 85.7 cm³/mol. The van der Waals surface area contributed by atoms with Gasteiger partial charge in [-0.3, -0.25) is 0 Å². The number of ether oxygens (including phenoxy) is 2. The van der Waals surface area contributed by atoms with Crippen molar-refractivity contribution in [2.45, 2.75) is 46.3 Å². The largest absolute Gasteiger partial charge is 0.491 e. The molecule has 5 heteroatoms. The Kier molecular flexibility index (Phi) is 4.81. The molecule has 1 aliphatic rings. The molecule has 4 nitrogen and oxygen atoms in total. The Hall–Kier alpha value is -1.23. The lowest BCUT2D eigenvalue weighted by molar-refractivity contribution is 0.0225. The van der Waals surface area contributed by atoms with Crippen LogP contribution in [0.3, 0.4) is 0 Å². The molecule has 0 radical (unpaired) electrons. The quantitative estimate of drug-likeness (QED) is 0.759. The number of nitrogens with zero attached hydrogens (tertiary/aromatic N) is 1. The number of rotatable bonds is 1. The number of aryl methyl sites for hydroxylation is 1. The highest BCUT2D eigenvalue weighted by Crippen LogP contribution is 2.32. The van der Waals surface area contributed by atoms with Crippen molar-refractivity contribution in [1.29, 1.82) is 0 Å². The van der Waals surface area contributed by atoms with E-state index in [1.54, 1.807) is 4.90 Å². The van der Waals surface area contributed by atoms with E-state index in [9.17, 15) is 4.79 Å². The lowest BCUT2D eigenvalue weighted by Crippen LogP contribution is -2.37. The Morgan fingerprint density at radius 1 is 1.43 bits per heavy atom. The number of hydrogen-bond donors (Lipinski definition) is 0. The van der Waals surface area contributed by atoms with Crippen LogP contribution in [0.25, 0.3) is 0 Å². The standard InChI is InChI=1S/C16H22BrNO3/c1-5-11-8-13(17)9-12-10-18(6-7-20-14(11)12)15(19)21-16(2,3)4/h8-9H,5-7,10H2,1-4H3. The highest BCUT2D eigenvalue weighted by molar-refractivity contribution is 9.10. The van der Waals surface area contributed by atoms with Crippen LogP contribution < -0.4 is 4.74 Å². The van der Waals surface area contributed by atoms with Crippen LogP contribution in [0.1, 0.15) is 38.8 Å². The molecular formula is C16H22BrNO3. The van der Waals surface area contributed by atoms with Crippen molar-refractivity contribution in [3.8, 4) is 5.75 Å². The van der Waals surface area contributed by atoms with E-state index < -0.39 is 5.60 Å². The molecule has 116 valence electrons. The maximum absolute atomic E-state index is 12.3. The van der Waals surface area contributed by atoms with Crippen LogP contribution in [-0.2, 0) is 17.7 Å². The third kappa shape index (κ3) is 4.13. The lowest BCUT2D eigenvalue weighted by atomic mass is 10.1. The molecule has 1 amide bonds. The van der Waals surface area contributed by atoms with E-state index >= 15 is 0 Å². The zero-order valence-electron chi connectivity index (χ0n) is 13.0. The zero-order chi connectivity index (χ0) is 15.6. The molecule has 21 heavy (non-hydrogen) atoms. The van der Waals surface area contributed by atoms with Gasteiger partial charge >= 0.3 is 6.09 Å². The Bertz CT molecular complexity index is 537. The topological polar surface area (TPSA) is 38.8 Å². The molecule has 1 aromatic rings. The number of carbonyl (C=O) groups excluding carboxylic acids is 1. The normalized spacial score (nSPS) is 15.0. The molecule has 0 fully saturated rings. The van der Waals surface area contributed by atoms with Crippen molar-refractivity contribution in [2.75, 3.05) is 13.2 Å². The SMILES string of the molecule is CCc1cc(Br)cc2c1OCCN(C(=O)OC(C)(C)C)C2. The smallest absolute Gasteiger partial charge is 0.410 e. The Morgan fingerprint density at radius 3 is 2.76 bits per heavy atom. The van der Waals surface area contributed by atoms with Crippen molar-refractivity contribution in [3.05, 3.63) is 27.7 Å². The van der Waals surface area contributed by atoms with Gasteiger partial charge in [-0.15, -0.1) is 0 Å². The van der Waals surface area contributed by atoms with Gasteiger partial charge in [0.05, 0.1) is 13.1 Å². The predicted octanol–water partition coefficient (Wildman–Crippen LogP) is 4.14. The van der Waals surface area contributed by atoms with Gasteiger partial charge in [-0.05, 0) is 44.9 Å². The van der Waals surface area contributed by atoms with Crippen LogP contribution in [0.4, 0.5) is 4.79 Å². The molecule has 0 saturated heterocycles. The van der Waals surface area contributed by atoms with Crippen molar-refractivity contribution in [2.24, 2.45) is 0 Å². The maximum Gasteiger partial charge on any atom is 0.410 e. The van der Waals surface area contributed by atoms with Crippen LogP contribution in [0.2, 0.25) is 0 Å². The van der Waals surface area contributed by atoms with Gasteiger partial charge in [-0.1, -0.05) is 22.9 Å². The molecular weight excluding hydrogens is 334 g/mol. The Morgan fingerprint density at radius 2 is 2.14 bits per heavy atom. The number of benzene rings is 1. The van der Waals surface area contributed by atoms with Crippen LogP contribution >= 0.6 is 15.9 Å². The van der Waals surface area contributed by atoms with E-state index in [4.69, 9.17) is 9.47 Å². The van der Waals surface area contributed by atoms with Crippen LogP contribution in [-0.4, -0.2) is 29.7 Å². The average Bonchev–Trinajstić information content (AvgIpc) is 2.57. The van der Waals surface area contributed by atoms with Gasteiger partial charge in [0.2, 0.25) is 0 Å². The van der Waals surface area contributed by atoms with E-state index in [1.165, 1.54) is 0 Å². The second-order valence-corrected chi connectivity index (χ2v) is 7.07. The summed E-state index contributed by atoms with van der Waals surface area (Å²) in [5.74, 6) is 0.909. The Balaban J connectivity index is 2.25. The number of carbonyl (C=O) groups is 1. The van der Waals surface area contributed by atoms with Crippen LogP contribution in [0.5, 0.6) is 5.75 Å². The fourth-order valence-corrected chi connectivity index (χ4v) is 2.85. The summed E-state index contributed by atoms with van der Waals surface area (Å²) in [5, 5.41) is 0. The van der Waals surface area contributed by atoms with Gasteiger partial charge in [0.25, 0.3) is 0 Å². The zero-order valence-corrected chi connectivity index (χ0v) is 14.6.